The van der Waals surface area contributed by atoms with Crippen LogP contribution in [0.3, 0.4) is 0 Å². The third-order valence-electron chi connectivity index (χ3n) is 0.577. The predicted octanol–water partition coefficient (Wildman–Crippen LogP) is -0.988. The van der Waals surface area contributed by atoms with Gasteiger partial charge in [0.2, 0.25) is 0 Å². The second kappa shape index (κ2) is 15.7. The molecule has 0 saturated carbocycles. The van der Waals surface area contributed by atoms with Crippen LogP contribution in [0.15, 0.2) is 0 Å². The first kappa shape index (κ1) is 15.8. The standard InChI is InChI=1S/C5H11.HI.Zn/c1-3-5-4-2;;/h5H,3-4H2,1-2H3;1H;/p-1. The van der Waals surface area contributed by atoms with Gasteiger partial charge >= 0.3 is 0 Å². The summed E-state index contributed by atoms with van der Waals surface area (Å²) in [7, 11) is 0. The Morgan fingerprint density at radius 2 is 1.43 bits per heavy atom. The van der Waals surface area contributed by atoms with Gasteiger partial charge < -0.3 is 24.0 Å². The van der Waals surface area contributed by atoms with Crippen molar-refractivity contribution in [2.45, 2.75) is 26.7 Å². The molecule has 0 heterocycles. The molecule has 0 atom stereocenters. The van der Waals surface area contributed by atoms with Crippen LogP contribution in [0.1, 0.15) is 26.7 Å². The Morgan fingerprint density at radius 3 is 1.43 bits per heavy atom. The molecule has 0 nitrogen and oxygen atoms in total. The van der Waals surface area contributed by atoms with Gasteiger partial charge in [-0.3, -0.25) is 0 Å². The molecule has 0 amide bonds. The molecule has 7 heavy (non-hydrogen) atoms. The summed E-state index contributed by atoms with van der Waals surface area (Å²) in [6.45, 7) is 4.31. The van der Waals surface area contributed by atoms with Gasteiger partial charge in [-0.15, -0.1) is 0 Å². The van der Waals surface area contributed by atoms with Crippen molar-refractivity contribution in [2.24, 2.45) is 0 Å². The summed E-state index contributed by atoms with van der Waals surface area (Å²) in [6.07, 6.45) is 4.69. The fourth-order valence-corrected chi connectivity index (χ4v) is 0.289. The van der Waals surface area contributed by atoms with Crippen molar-refractivity contribution in [3.05, 3.63) is 6.42 Å². The maximum Gasteiger partial charge on any atom is 0 e. The quantitative estimate of drug-likeness (QED) is 0.443. The van der Waals surface area contributed by atoms with Crippen LogP contribution in [0.25, 0.3) is 0 Å². The smallest absolute Gasteiger partial charge is 0 e. The van der Waals surface area contributed by atoms with E-state index in [1.165, 1.54) is 12.8 Å². The van der Waals surface area contributed by atoms with E-state index in [4.69, 9.17) is 0 Å². The fraction of sp³-hybridized carbons (Fsp3) is 0.800. The van der Waals surface area contributed by atoms with E-state index in [1.807, 2.05) is 0 Å². The summed E-state index contributed by atoms with van der Waals surface area (Å²) in [4.78, 5) is 0. The first-order chi connectivity index (χ1) is 2.41. The van der Waals surface area contributed by atoms with Crippen molar-refractivity contribution in [2.75, 3.05) is 0 Å². The monoisotopic (exact) mass is 262 g/mol. The molecule has 0 aliphatic heterocycles. The minimum absolute atomic E-state index is 0. The van der Waals surface area contributed by atoms with Crippen molar-refractivity contribution < 1.29 is 43.5 Å². The van der Waals surface area contributed by atoms with Gasteiger partial charge in [0.25, 0.3) is 0 Å². The molecule has 0 aliphatic carbocycles. The van der Waals surface area contributed by atoms with Crippen molar-refractivity contribution in [3.63, 3.8) is 0 Å². The molecule has 0 aromatic heterocycles. The van der Waals surface area contributed by atoms with Crippen LogP contribution < -0.4 is 24.0 Å². The first-order valence-electron chi connectivity index (χ1n) is 2.23. The normalized spacial score (nSPS) is 6.00. The number of halogens is 1. The zero-order chi connectivity index (χ0) is 4.12. The summed E-state index contributed by atoms with van der Waals surface area (Å²) in [5.74, 6) is 0. The maximum absolute atomic E-state index is 2.25. The van der Waals surface area contributed by atoms with E-state index in [1.54, 1.807) is 0 Å². The van der Waals surface area contributed by atoms with Gasteiger partial charge in [0.1, 0.15) is 0 Å². The van der Waals surface area contributed by atoms with Crippen LogP contribution in [-0.4, -0.2) is 0 Å². The zero-order valence-electron chi connectivity index (χ0n) is 5.08. The Kier molecular flexibility index (Phi) is 35.3. The summed E-state index contributed by atoms with van der Waals surface area (Å²) in [5, 5.41) is 0. The average Bonchev–Trinajstić information content (AvgIpc) is 1.41. The van der Waals surface area contributed by atoms with Crippen LogP contribution in [0.2, 0.25) is 0 Å². The molecule has 41 valence electrons. The van der Waals surface area contributed by atoms with Gasteiger partial charge in [-0.2, -0.15) is 0 Å². The second-order valence-corrected chi connectivity index (χ2v) is 1.11. The van der Waals surface area contributed by atoms with Crippen molar-refractivity contribution in [3.8, 4) is 0 Å². The van der Waals surface area contributed by atoms with Crippen LogP contribution in [-0.2, 0) is 19.5 Å². The molecule has 0 fully saturated rings. The molecule has 0 saturated heterocycles. The number of unbranched alkanes of at least 4 members (excludes halogenated alkanes) is 2. The van der Waals surface area contributed by atoms with Gasteiger partial charge in [0.05, 0.1) is 0 Å². The van der Waals surface area contributed by atoms with Crippen molar-refractivity contribution >= 4 is 0 Å². The molecule has 0 aromatic carbocycles. The second-order valence-electron chi connectivity index (χ2n) is 1.11. The minimum Gasteiger partial charge on any atom is -1.00 e. The van der Waals surface area contributed by atoms with E-state index in [9.17, 15) is 0 Å². The van der Waals surface area contributed by atoms with Gasteiger partial charge in [-0.05, 0) is 6.42 Å². The number of rotatable bonds is 2. The van der Waals surface area contributed by atoms with E-state index in [0.717, 1.165) is 0 Å². The number of hydrogen-bond acceptors (Lipinski definition) is 0. The molecule has 2 heteroatoms. The Labute approximate surface area is 76.2 Å². The Bertz CT molecular complexity index is 15.6. The molecule has 0 spiro atoms. The van der Waals surface area contributed by atoms with E-state index < -0.39 is 0 Å². The Hall–Kier alpha value is 1.35. The van der Waals surface area contributed by atoms with Gasteiger partial charge in [-0.1, -0.05) is 26.7 Å². The molecule has 0 N–H and O–H groups in total. The topological polar surface area (TPSA) is 0 Å². The Morgan fingerprint density at radius 1 is 1.14 bits per heavy atom. The molecule has 0 aliphatic rings. The third kappa shape index (κ3) is 18.7. The summed E-state index contributed by atoms with van der Waals surface area (Å²) < 4.78 is 0. The fourth-order valence-electron chi connectivity index (χ4n) is 0.289. The van der Waals surface area contributed by atoms with Crippen LogP contribution >= 0.6 is 0 Å². The van der Waals surface area contributed by atoms with E-state index in [-0.39, 0.29) is 43.5 Å². The SMILES string of the molecule is CC[CH]CC.[I-].[Zn]. The molecule has 1 radical (unpaired) electrons. The zero-order valence-corrected chi connectivity index (χ0v) is 10.2. The third-order valence-corrected chi connectivity index (χ3v) is 0.577. The van der Waals surface area contributed by atoms with Crippen LogP contribution in [0, 0.1) is 6.42 Å². The molecule has 0 aromatic rings. The molecule has 0 unspecified atom stereocenters. The minimum atomic E-state index is 0. The van der Waals surface area contributed by atoms with Crippen LogP contribution in [0.4, 0.5) is 0 Å². The summed E-state index contributed by atoms with van der Waals surface area (Å²) in [6, 6.07) is 0. The average molecular weight is 263 g/mol. The van der Waals surface area contributed by atoms with Crippen molar-refractivity contribution in [1.82, 2.24) is 0 Å². The van der Waals surface area contributed by atoms with Gasteiger partial charge in [-0.25, -0.2) is 0 Å². The summed E-state index contributed by atoms with van der Waals surface area (Å²) >= 11 is 0. The van der Waals surface area contributed by atoms with Crippen molar-refractivity contribution in [1.29, 1.82) is 0 Å². The molecule has 0 bridgehead atoms. The molecular formula is C5H11IZn-. The summed E-state index contributed by atoms with van der Waals surface area (Å²) in [5.41, 5.74) is 0. The molecular weight excluding hydrogens is 252 g/mol. The predicted molar refractivity (Wildman–Crippen MR) is 24.9 cm³/mol. The van der Waals surface area contributed by atoms with E-state index >= 15 is 0 Å². The van der Waals surface area contributed by atoms with Gasteiger partial charge in [0.15, 0.2) is 0 Å². The molecule has 0 rings (SSSR count). The van der Waals surface area contributed by atoms with Gasteiger partial charge in [0, 0.05) is 19.5 Å². The maximum atomic E-state index is 2.25. The Balaban J connectivity index is -0.0000000800. The van der Waals surface area contributed by atoms with E-state index in [0.29, 0.717) is 0 Å². The van der Waals surface area contributed by atoms with E-state index in [2.05, 4.69) is 20.3 Å². The first-order valence-corrected chi connectivity index (χ1v) is 2.23. The van der Waals surface area contributed by atoms with Crippen LogP contribution in [0.5, 0.6) is 0 Å². The number of hydrogen-bond donors (Lipinski definition) is 0. The largest absolute Gasteiger partial charge is 1.00 e.